The SMILES string of the molecule is O=C(O)C1Cc2ccc(F)cc21. The predicted octanol–water partition coefficient (Wildman–Crippen LogP) is 1.55. The maximum Gasteiger partial charge on any atom is 0.311 e. The van der Waals surface area contributed by atoms with E-state index in [-0.39, 0.29) is 5.82 Å². The summed E-state index contributed by atoms with van der Waals surface area (Å²) in [6.45, 7) is 0. The molecule has 0 aromatic heterocycles. The number of halogens is 1. The number of carboxylic acid groups (broad SMARTS) is 1. The minimum Gasteiger partial charge on any atom is -0.481 e. The van der Waals surface area contributed by atoms with Crippen LogP contribution in [0.25, 0.3) is 0 Å². The van der Waals surface area contributed by atoms with Crippen molar-refractivity contribution in [3.05, 3.63) is 35.1 Å². The second-order valence-electron chi connectivity index (χ2n) is 2.94. The molecule has 0 saturated carbocycles. The first-order valence-electron chi connectivity index (χ1n) is 3.69. The van der Waals surface area contributed by atoms with Crippen molar-refractivity contribution in [1.82, 2.24) is 0 Å². The van der Waals surface area contributed by atoms with Crippen LogP contribution in [0.1, 0.15) is 17.0 Å². The first-order valence-corrected chi connectivity index (χ1v) is 3.69. The van der Waals surface area contributed by atoms with Gasteiger partial charge in [-0.15, -0.1) is 0 Å². The van der Waals surface area contributed by atoms with Gasteiger partial charge in [-0.3, -0.25) is 4.79 Å². The highest BCUT2D eigenvalue weighted by Crippen LogP contribution is 2.35. The first-order chi connectivity index (χ1) is 5.68. The third-order valence-corrected chi connectivity index (χ3v) is 2.21. The Morgan fingerprint density at radius 1 is 1.58 bits per heavy atom. The molecule has 0 spiro atoms. The molecule has 1 aliphatic rings. The van der Waals surface area contributed by atoms with Crippen molar-refractivity contribution in [2.75, 3.05) is 0 Å². The van der Waals surface area contributed by atoms with E-state index in [0.717, 1.165) is 5.56 Å². The molecule has 12 heavy (non-hydrogen) atoms. The Kier molecular flexibility index (Phi) is 1.40. The van der Waals surface area contributed by atoms with E-state index in [1.54, 1.807) is 6.07 Å². The molecule has 1 N–H and O–H groups in total. The highest BCUT2D eigenvalue weighted by molar-refractivity contribution is 5.80. The van der Waals surface area contributed by atoms with Crippen LogP contribution in [0, 0.1) is 5.82 Å². The van der Waals surface area contributed by atoms with Gasteiger partial charge in [0.25, 0.3) is 0 Å². The number of benzene rings is 1. The molecule has 1 unspecified atom stereocenters. The van der Waals surface area contributed by atoms with Gasteiger partial charge in [0.05, 0.1) is 5.92 Å². The van der Waals surface area contributed by atoms with Gasteiger partial charge in [0.1, 0.15) is 5.82 Å². The first kappa shape index (κ1) is 7.28. The van der Waals surface area contributed by atoms with Crippen molar-refractivity contribution in [2.45, 2.75) is 12.3 Å². The van der Waals surface area contributed by atoms with Crippen LogP contribution < -0.4 is 0 Å². The molecule has 2 nitrogen and oxygen atoms in total. The Morgan fingerprint density at radius 2 is 2.33 bits per heavy atom. The average Bonchev–Trinajstić information content (AvgIpc) is 1.95. The number of carbonyl (C=O) groups is 1. The zero-order valence-electron chi connectivity index (χ0n) is 6.25. The molecule has 0 fully saturated rings. The summed E-state index contributed by atoms with van der Waals surface area (Å²) in [6.07, 6.45) is 0.533. The van der Waals surface area contributed by atoms with Crippen LogP contribution in [0.4, 0.5) is 4.39 Å². The molecular weight excluding hydrogens is 159 g/mol. The molecule has 0 saturated heterocycles. The van der Waals surface area contributed by atoms with Crippen molar-refractivity contribution in [3.8, 4) is 0 Å². The fourth-order valence-electron chi connectivity index (χ4n) is 1.50. The van der Waals surface area contributed by atoms with Gasteiger partial charge in [-0.25, -0.2) is 4.39 Å². The highest BCUT2D eigenvalue weighted by atomic mass is 19.1. The largest absolute Gasteiger partial charge is 0.481 e. The number of hydrogen-bond acceptors (Lipinski definition) is 1. The summed E-state index contributed by atoms with van der Waals surface area (Å²) in [6, 6.07) is 4.30. The smallest absolute Gasteiger partial charge is 0.311 e. The van der Waals surface area contributed by atoms with Gasteiger partial charge in [0.2, 0.25) is 0 Å². The molecule has 0 aliphatic heterocycles. The minimum absolute atomic E-state index is 0.361. The Balaban J connectivity index is 2.39. The summed E-state index contributed by atoms with van der Waals surface area (Å²) < 4.78 is 12.6. The Morgan fingerprint density at radius 3 is 3.00 bits per heavy atom. The Hall–Kier alpha value is -1.38. The fraction of sp³-hybridized carbons (Fsp3) is 0.222. The zero-order chi connectivity index (χ0) is 8.72. The van der Waals surface area contributed by atoms with Crippen LogP contribution in [0.2, 0.25) is 0 Å². The van der Waals surface area contributed by atoms with E-state index in [1.165, 1.54) is 12.1 Å². The lowest BCUT2D eigenvalue weighted by molar-refractivity contribution is -0.139. The van der Waals surface area contributed by atoms with E-state index in [4.69, 9.17) is 5.11 Å². The van der Waals surface area contributed by atoms with Gasteiger partial charge in [0.15, 0.2) is 0 Å². The van der Waals surface area contributed by atoms with E-state index in [2.05, 4.69) is 0 Å². The van der Waals surface area contributed by atoms with Gasteiger partial charge in [0, 0.05) is 0 Å². The molecule has 62 valence electrons. The summed E-state index contributed by atoms with van der Waals surface area (Å²) >= 11 is 0. The molecular formula is C9H7FO2. The third kappa shape index (κ3) is 0.897. The van der Waals surface area contributed by atoms with E-state index >= 15 is 0 Å². The quantitative estimate of drug-likeness (QED) is 0.687. The van der Waals surface area contributed by atoms with Gasteiger partial charge in [-0.2, -0.15) is 0 Å². The Labute approximate surface area is 68.6 Å². The van der Waals surface area contributed by atoms with Crippen molar-refractivity contribution in [3.63, 3.8) is 0 Å². The molecule has 1 aliphatic carbocycles. The summed E-state index contributed by atoms with van der Waals surface area (Å²) in [7, 11) is 0. The van der Waals surface area contributed by atoms with Crippen LogP contribution >= 0.6 is 0 Å². The molecule has 0 bridgehead atoms. The van der Waals surface area contributed by atoms with E-state index < -0.39 is 11.9 Å². The monoisotopic (exact) mass is 166 g/mol. The van der Waals surface area contributed by atoms with Crippen molar-refractivity contribution >= 4 is 5.97 Å². The van der Waals surface area contributed by atoms with Crippen LogP contribution in [0.3, 0.4) is 0 Å². The van der Waals surface area contributed by atoms with Crippen LogP contribution in [-0.2, 0) is 11.2 Å². The second-order valence-corrected chi connectivity index (χ2v) is 2.94. The van der Waals surface area contributed by atoms with Gasteiger partial charge >= 0.3 is 5.97 Å². The van der Waals surface area contributed by atoms with E-state index in [9.17, 15) is 9.18 Å². The van der Waals surface area contributed by atoms with Crippen molar-refractivity contribution in [1.29, 1.82) is 0 Å². The standard InChI is InChI=1S/C9H7FO2/c10-6-2-1-5-3-8(9(11)12)7(5)4-6/h1-2,4,8H,3H2,(H,11,12). The summed E-state index contributed by atoms with van der Waals surface area (Å²) in [4.78, 5) is 10.5. The highest BCUT2D eigenvalue weighted by Gasteiger charge is 2.32. The maximum absolute atomic E-state index is 12.6. The number of hydrogen-bond donors (Lipinski definition) is 1. The molecule has 1 aromatic rings. The van der Waals surface area contributed by atoms with Crippen molar-refractivity contribution < 1.29 is 14.3 Å². The summed E-state index contributed by atoms with van der Waals surface area (Å²) in [5, 5.41) is 8.65. The van der Waals surface area contributed by atoms with Gasteiger partial charge in [-0.1, -0.05) is 6.07 Å². The molecule has 0 amide bonds. The van der Waals surface area contributed by atoms with Crippen LogP contribution in [-0.4, -0.2) is 11.1 Å². The number of carboxylic acids is 1. The number of rotatable bonds is 1. The van der Waals surface area contributed by atoms with Gasteiger partial charge < -0.3 is 5.11 Å². The number of aliphatic carboxylic acids is 1. The molecule has 1 atom stereocenters. The topological polar surface area (TPSA) is 37.3 Å². The second kappa shape index (κ2) is 2.30. The molecule has 0 radical (unpaired) electrons. The number of fused-ring (bicyclic) bond motifs is 1. The normalized spacial score (nSPS) is 19.6. The van der Waals surface area contributed by atoms with E-state index in [0.29, 0.717) is 12.0 Å². The average molecular weight is 166 g/mol. The van der Waals surface area contributed by atoms with Crippen LogP contribution in [0.5, 0.6) is 0 Å². The third-order valence-electron chi connectivity index (χ3n) is 2.21. The molecule has 2 rings (SSSR count). The predicted molar refractivity (Wildman–Crippen MR) is 40.5 cm³/mol. The lowest BCUT2D eigenvalue weighted by Gasteiger charge is -2.26. The summed E-state index contributed by atoms with van der Waals surface area (Å²) in [5.74, 6) is -1.72. The lowest BCUT2D eigenvalue weighted by atomic mass is 9.78. The molecule has 3 heteroatoms. The minimum atomic E-state index is -0.867. The maximum atomic E-state index is 12.6. The molecule has 0 heterocycles. The fourth-order valence-corrected chi connectivity index (χ4v) is 1.50. The van der Waals surface area contributed by atoms with Crippen molar-refractivity contribution in [2.24, 2.45) is 0 Å². The molecule has 1 aromatic carbocycles. The van der Waals surface area contributed by atoms with E-state index in [1.807, 2.05) is 0 Å². The van der Waals surface area contributed by atoms with Gasteiger partial charge in [-0.05, 0) is 29.7 Å². The Bertz CT molecular complexity index is 346. The van der Waals surface area contributed by atoms with Crippen LogP contribution in [0.15, 0.2) is 18.2 Å². The lowest BCUT2D eigenvalue weighted by Crippen LogP contribution is -2.24. The summed E-state index contributed by atoms with van der Waals surface area (Å²) in [5.41, 5.74) is 1.58. The zero-order valence-corrected chi connectivity index (χ0v) is 6.25.